The molecule has 0 radical (unpaired) electrons. The van der Waals surface area contributed by atoms with Crippen LogP contribution >= 0.6 is 0 Å². The molecule has 27 heavy (non-hydrogen) atoms. The number of hydrogen-bond donors (Lipinski definition) is 5. The average molecular weight is 379 g/mol. The number of H-pyrrole nitrogens is 2. The molecule has 1 heterocycles. The van der Waals surface area contributed by atoms with Gasteiger partial charge in [0.05, 0.1) is 24.8 Å². The van der Waals surface area contributed by atoms with Gasteiger partial charge in [0, 0.05) is 11.6 Å². The van der Waals surface area contributed by atoms with Gasteiger partial charge in [-0.25, -0.2) is 15.3 Å². The first-order valence-corrected chi connectivity index (χ1v) is 7.12. The van der Waals surface area contributed by atoms with E-state index in [2.05, 4.69) is 20.9 Å². The summed E-state index contributed by atoms with van der Waals surface area (Å²) in [7, 11) is 1.22. The standard InChI is InChI=1S/C13H13N7O7/c1-27-8-3-6(2-7(10(8)22)20(25)26)4-15-17-9(21)5-14-11-12(23)16-13(24)19-18-11/h2-4,22H,5H2,1H3,(H,14,18)(H,17,21)(H2,16,19,23,24)/b15-4-. The maximum atomic E-state index is 11.7. The molecule has 5 N–H and O–H groups in total. The molecule has 0 aliphatic carbocycles. The Morgan fingerprint density at radius 3 is 2.85 bits per heavy atom. The van der Waals surface area contributed by atoms with Gasteiger partial charge >= 0.3 is 11.4 Å². The Balaban J connectivity index is 2.01. The number of nitrogens with zero attached hydrogens (tertiary/aromatic N) is 3. The number of methoxy groups -OCH3 is 1. The molecule has 0 aliphatic heterocycles. The summed E-state index contributed by atoms with van der Waals surface area (Å²) in [6.07, 6.45) is 1.10. The smallest absolute Gasteiger partial charge is 0.342 e. The van der Waals surface area contributed by atoms with Crippen LogP contribution in [-0.2, 0) is 4.79 Å². The largest absolute Gasteiger partial charge is 0.500 e. The summed E-state index contributed by atoms with van der Waals surface area (Å²) < 4.78 is 4.83. The number of nitrogens with one attached hydrogen (secondary N) is 4. The van der Waals surface area contributed by atoms with Crippen LogP contribution in [0.3, 0.4) is 0 Å². The zero-order valence-electron chi connectivity index (χ0n) is 13.7. The van der Waals surface area contributed by atoms with E-state index in [0.717, 1.165) is 12.3 Å². The van der Waals surface area contributed by atoms with Crippen molar-refractivity contribution in [1.29, 1.82) is 0 Å². The fourth-order valence-electron chi connectivity index (χ4n) is 1.83. The highest BCUT2D eigenvalue weighted by Gasteiger charge is 2.19. The van der Waals surface area contributed by atoms with E-state index in [9.17, 15) is 29.6 Å². The minimum absolute atomic E-state index is 0.137. The molecule has 0 aliphatic rings. The highest BCUT2D eigenvalue weighted by atomic mass is 16.6. The molecule has 0 saturated heterocycles. The van der Waals surface area contributed by atoms with Crippen molar-refractivity contribution in [2.45, 2.75) is 0 Å². The van der Waals surface area contributed by atoms with Gasteiger partial charge in [-0.2, -0.15) is 5.10 Å². The molecule has 1 aromatic heterocycles. The number of benzene rings is 1. The van der Waals surface area contributed by atoms with E-state index in [-0.39, 0.29) is 17.1 Å². The van der Waals surface area contributed by atoms with Crippen molar-refractivity contribution in [3.63, 3.8) is 0 Å². The van der Waals surface area contributed by atoms with E-state index in [1.165, 1.54) is 13.2 Å². The van der Waals surface area contributed by atoms with Gasteiger partial charge in [-0.1, -0.05) is 0 Å². The molecule has 0 bridgehead atoms. The fourth-order valence-corrected chi connectivity index (χ4v) is 1.83. The molecule has 0 atom stereocenters. The zero-order chi connectivity index (χ0) is 20.0. The van der Waals surface area contributed by atoms with Crippen molar-refractivity contribution in [3.8, 4) is 11.5 Å². The number of hydrogen-bond acceptors (Lipinski definition) is 10. The van der Waals surface area contributed by atoms with Crippen LogP contribution in [0.1, 0.15) is 5.56 Å². The van der Waals surface area contributed by atoms with Crippen LogP contribution in [0.5, 0.6) is 11.5 Å². The predicted molar refractivity (Wildman–Crippen MR) is 91.0 cm³/mol. The van der Waals surface area contributed by atoms with Crippen molar-refractivity contribution in [2.75, 3.05) is 19.0 Å². The first-order chi connectivity index (χ1) is 12.8. The van der Waals surface area contributed by atoms with E-state index in [4.69, 9.17) is 4.74 Å². The Bertz CT molecular complexity index is 1010. The number of hydrazone groups is 1. The lowest BCUT2D eigenvalue weighted by Crippen LogP contribution is -2.31. The molecule has 0 spiro atoms. The number of aromatic nitrogens is 3. The van der Waals surface area contributed by atoms with Crippen molar-refractivity contribution in [3.05, 3.63) is 48.6 Å². The summed E-state index contributed by atoms with van der Waals surface area (Å²) in [5, 5.41) is 32.0. The monoisotopic (exact) mass is 379 g/mol. The number of aromatic hydroxyl groups is 1. The molecule has 2 aromatic rings. The van der Waals surface area contributed by atoms with Crippen molar-refractivity contribution >= 4 is 23.6 Å². The van der Waals surface area contributed by atoms with E-state index < -0.39 is 40.1 Å². The van der Waals surface area contributed by atoms with E-state index in [1.54, 1.807) is 0 Å². The lowest BCUT2D eigenvalue weighted by Gasteiger charge is -2.05. The molecular formula is C13H13N7O7. The van der Waals surface area contributed by atoms with Gasteiger partial charge < -0.3 is 15.2 Å². The lowest BCUT2D eigenvalue weighted by atomic mass is 10.2. The second kappa shape index (κ2) is 8.24. The second-order valence-corrected chi connectivity index (χ2v) is 4.85. The first-order valence-electron chi connectivity index (χ1n) is 7.12. The normalized spacial score (nSPS) is 10.6. The lowest BCUT2D eigenvalue weighted by molar-refractivity contribution is -0.386. The van der Waals surface area contributed by atoms with E-state index in [1.807, 2.05) is 10.1 Å². The molecule has 2 rings (SSSR count). The summed E-state index contributed by atoms with van der Waals surface area (Å²) >= 11 is 0. The SMILES string of the molecule is COc1cc(/C=N\NC(=O)CNc2n[nH]c(=O)[nH]c2=O)cc([N+](=O)[O-])c1O. The average Bonchev–Trinajstić information content (AvgIpc) is 2.61. The number of ether oxygens (including phenoxy) is 1. The molecule has 14 heteroatoms. The van der Waals surface area contributed by atoms with Crippen LogP contribution in [0, 0.1) is 10.1 Å². The molecule has 14 nitrogen and oxygen atoms in total. The van der Waals surface area contributed by atoms with Crippen LogP contribution in [0.25, 0.3) is 0 Å². The topological polar surface area (TPSA) is 205 Å². The minimum atomic E-state index is -0.807. The Hall–Kier alpha value is -4.23. The third-order valence-electron chi connectivity index (χ3n) is 3.02. The Morgan fingerprint density at radius 1 is 1.48 bits per heavy atom. The number of nitro benzene ring substituents is 1. The first kappa shape index (κ1) is 19.1. The number of anilines is 1. The summed E-state index contributed by atoms with van der Waals surface area (Å²) in [5.41, 5.74) is 0.109. The Morgan fingerprint density at radius 2 is 2.22 bits per heavy atom. The number of carbonyl (C=O) groups is 1. The van der Waals surface area contributed by atoms with Crippen LogP contribution < -0.4 is 26.7 Å². The fraction of sp³-hybridized carbons (Fsp3) is 0.154. The molecule has 0 saturated carbocycles. The Kier molecular flexibility index (Phi) is 5.83. The van der Waals surface area contributed by atoms with Crippen molar-refractivity contribution < 1.29 is 19.6 Å². The number of rotatable bonds is 7. The molecular weight excluding hydrogens is 366 g/mol. The molecule has 0 unspecified atom stereocenters. The third kappa shape index (κ3) is 4.88. The van der Waals surface area contributed by atoms with Crippen LogP contribution in [0.4, 0.5) is 11.5 Å². The highest BCUT2D eigenvalue weighted by Crippen LogP contribution is 2.36. The molecule has 0 fully saturated rings. The number of phenolic OH excluding ortho intramolecular Hbond substituents is 1. The molecule has 142 valence electrons. The van der Waals surface area contributed by atoms with Gasteiger partial charge in [0.15, 0.2) is 5.75 Å². The summed E-state index contributed by atoms with van der Waals surface area (Å²) in [6.45, 7) is -0.390. The summed E-state index contributed by atoms with van der Waals surface area (Å²) in [6, 6.07) is 2.32. The summed E-state index contributed by atoms with van der Waals surface area (Å²) in [5.74, 6) is -1.71. The van der Waals surface area contributed by atoms with Gasteiger partial charge in [0.1, 0.15) is 0 Å². The zero-order valence-corrected chi connectivity index (χ0v) is 13.7. The molecule has 1 aromatic carbocycles. The number of aromatic amines is 2. The van der Waals surface area contributed by atoms with Gasteiger partial charge in [0.25, 0.3) is 11.5 Å². The van der Waals surface area contributed by atoms with Gasteiger partial charge in [-0.05, 0) is 6.07 Å². The minimum Gasteiger partial charge on any atom is -0.500 e. The number of carbonyl (C=O) groups excluding carboxylic acids is 1. The maximum Gasteiger partial charge on any atom is 0.342 e. The van der Waals surface area contributed by atoms with E-state index >= 15 is 0 Å². The van der Waals surface area contributed by atoms with Gasteiger partial charge in [-0.3, -0.25) is 24.7 Å². The van der Waals surface area contributed by atoms with Crippen molar-refractivity contribution in [2.24, 2.45) is 5.10 Å². The third-order valence-corrected chi connectivity index (χ3v) is 3.02. The maximum absolute atomic E-state index is 11.7. The van der Waals surface area contributed by atoms with Crippen molar-refractivity contribution in [1.82, 2.24) is 20.6 Å². The van der Waals surface area contributed by atoms with Gasteiger partial charge in [-0.15, -0.1) is 5.10 Å². The van der Waals surface area contributed by atoms with Crippen LogP contribution in [-0.4, -0.2) is 51.0 Å². The molecule has 1 amide bonds. The highest BCUT2D eigenvalue weighted by molar-refractivity contribution is 5.85. The number of amides is 1. The second-order valence-electron chi connectivity index (χ2n) is 4.85. The van der Waals surface area contributed by atoms with E-state index in [0.29, 0.717) is 0 Å². The quantitative estimate of drug-likeness (QED) is 0.218. The number of nitro groups is 1. The predicted octanol–water partition coefficient (Wildman–Crippen LogP) is -1.36. The van der Waals surface area contributed by atoms with Crippen LogP contribution in [0.2, 0.25) is 0 Å². The number of phenols is 1. The summed E-state index contributed by atoms with van der Waals surface area (Å²) in [4.78, 5) is 45.9. The van der Waals surface area contributed by atoms with Crippen LogP contribution in [0.15, 0.2) is 26.8 Å². The Labute approximate surface area is 149 Å². The van der Waals surface area contributed by atoms with Gasteiger partial charge in [0.2, 0.25) is 11.6 Å².